The lowest BCUT2D eigenvalue weighted by atomic mass is 9.93. The zero-order valence-electron chi connectivity index (χ0n) is 10.4. The molecule has 0 bridgehead atoms. The van der Waals surface area contributed by atoms with E-state index in [1.54, 1.807) is 0 Å². The summed E-state index contributed by atoms with van der Waals surface area (Å²) in [7, 11) is 0. The topological polar surface area (TPSA) is 0 Å². The maximum Gasteiger partial charge on any atom is -0.0155 e. The summed E-state index contributed by atoms with van der Waals surface area (Å²) in [4.78, 5) is 0. The van der Waals surface area contributed by atoms with Crippen LogP contribution >= 0.6 is 0 Å². The number of hydrogen-bond donors (Lipinski definition) is 0. The highest BCUT2D eigenvalue weighted by Crippen LogP contribution is 2.48. The summed E-state index contributed by atoms with van der Waals surface area (Å²) in [6, 6.07) is 10.7. The zero-order valence-corrected chi connectivity index (χ0v) is 10.4. The van der Waals surface area contributed by atoms with Crippen molar-refractivity contribution in [3.05, 3.63) is 53.6 Å². The van der Waals surface area contributed by atoms with Gasteiger partial charge < -0.3 is 0 Å². The normalized spacial score (nSPS) is 25.7. The molecule has 2 aliphatic carbocycles. The minimum atomic E-state index is 0.842. The first-order chi connectivity index (χ1) is 7.84. The van der Waals surface area contributed by atoms with Gasteiger partial charge in [0.05, 0.1) is 0 Å². The summed E-state index contributed by atoms with van der Waals surface area (Å²) in [6.07, 6.45) is 6.26. The summed E-state index contributed by atoms with van der Waals surface area (Å²) in [5, 5.41) is 0. The fraction of sp³-hybridized carbons (Fsp3) is 0.375. The monoisotopic (exact) mass is 212 g/mol. The van der Waals surface area contributed by atoms with Gasteiger partial charge in [0.1, 0.15) is 0 Å². The van der Waals surface area contributed by atoms with Crippen molar-refractivity contribution in [2.24, 2.45) is 11.8 Å². The predicted molar refractivity (Wildman–Crippen MR) is 71.1 cm³/mol. The van der Waals surface area contributed by atoms with E-state index in [9.17, 15) is 0 Å². The molecule has 0 radical (unpaired) electrons. The van der Waals surface area contributed by atoms with E-state index >= 15 is 0 Å². The summed E-state index contributed by atoms with van der Waals surface area (Å²) in [5.41, 5.74) is 4.27. The molecule has 0 heteroatoms. The van der Waals surface area contributed by atoms with Crippen molar-refractivity contribution in [2.45, 2.75) is 27.2 Å². The Kier molecular flexibility index (Phi) is 3.28. The molecule has 0 heterocycles. The highest BCUT2D eigenvalue weighted by atomic mass is 14.4. The Bertz CT molecular complexity index is 409. The number of allylic oxidation sites excluding steroid dienone is 4. The van der Waals surface area contributed by atoms with Crippen LogP contribution in [0, 0.1) is 11.8 Å². The van der Waals surface area contributed by atoms with Crippen molar-refractivity contribution < 1.29 is 0 Å². The number of fused-ring (bicyclic) bond motifs is 1. The third kappa shape index (κ3) is 2.11. The Morgan fingerprint density at radius 2 is 1.56 bits per heavy atom. The van der Waals surface area contributed by atoms with E-state index in [2.05, 4.69) is 49.4 Å². The van der Waals surface area contributed by atoms with Crippen LogP contribution in [0.15, 0.2) is 48.1 Å². The molecule has 2 aliphatic rings. The van der Waals surface area contributed by atoms with Crippen LogP contribution in [0.25, 0.3) is 5.57 Å². The van der Waals surface area contributed by atoms with Crippen LogP contribution in [-0.2, 0) is 0 Å². The lowest BCUT2D eigenvalue weighted by molar-refractivity contribution is 0.969. The molecule has 84 valence electrons. The molecule has 2 unspecified atom stereocenters. The Labute approximate surface area is 98.7 Å². The lowest BCUT2D eigenvalue weighted by Crippen LogP contribution is -1.93. The van der Waals surface area contributed by atoms with Gasteiger partial charge in [-0.2, -0.15) is 0 Å². The molecule has 0 N–H and O–H groups in total. The molecular formula is C16H20. The quantitative estimate of drug-likeness (QED) is 0.633. The van der Waals surface area contributed by atoms with Gasteiger partial charge in [0.15, 0.2) is 0 Å². The Morgan fingerprint density at radius 3 is 2.25 bits per heavy atom. The minimum absolute atomic E-state index is 0.842. The average Bonchev–Trinajstić information content (AvgIpc) is 3.10. The third-order valence-electron chi connectivity index (χ3n) is 3.25. The minimum Gasteiger partial charge on any atom is -0.0773 e. The summed E-state index contributed by atoms with van der Waals surface area (Å²) < 4.78 is 0. The standard InChI is InChI=1S/C14H14.C2H6/c1-10-7-12-8-13(12)9-14(10)11-5-3-2-4-6-11;1-2/h2-7,9,12-13H,8H2,1H3;1-2H3. The molecule has 2 atom stereocenters. The molecule has 0 aliphatic heterocycles. The largest absolute Gasteiger partial charge is 0.0773 e. The molecular weight excluding hydrogens is 192 g/mol. The first-order valence-corrected chi connectivity index (χ1v) is 6.30. The molecule has 0 amide bonds. The van der Waals surface area contributed by atoms with Crippen LogP contribution in [-0.4, -0.2) is 0 Å². The number of hydrogen-bond acceptors (Lipinski definition) is 0. The van der Waals surface area contributed by atoms with E-state index in [1.807, 2.05) is 13.8 Å². The van der Waals surface area contributed by atoms with Gasteiger partial charge in [0.2, 0.25) is 0 Å². The Morgan fingerprint density at radius 1 is 0.938 bits per heavy atom. The molecule has 1 aromatic rings. The van der Waals surface area contributed by atoms with Gasteiger partial charge in [-0.1, -0.05) is 56.3 Å². The van der Waals surface area contributed by atoms with Gasteiger partial charge >= 0.3 is 0 Å². The van der Waals surface area contributed by atoms with E-state index in [4.69, 9.17) is 0 Å². The molecule has 16 heavy (non-hydrogen) atoms. The summed E-state index contributed by atoms with van der Waals surface area (Å²) in [6.45, 7) is 6.23. The van der Waals surface area contributed by atoms with Crippen LogP contribution < -0.4 is 0 Å². The van der Waals surface area contributed by atoms with Gasteiger partial charge in [-0.25, -0.2) is 0 Å². The van der Waals surface area contributed by atoms with Gasteiger partial charge in [0.25, 0.3) is 0 Å². The van der Waals surface area contributed by atoms with E-state index in [0.717, 1.165) is 11.8 Å². The first-order valence-electron chi connectivity index (χ1n) is 6.30. The SMILES string of the molecule is CC.CC1=CC2CC2C=C1c1ccccc1. The Balaban J connectivity index is 0.000000457. The Hall–Kier alpha value is -1.30. The van der Waals surface area contributed by atoms with Crippen molar-refractivity contribution in [1.82, 2.24) is 0 Å². The van der Waals surface area contributed by atoms with Crippen molar-refractivity contribution in [3.63, 3.8) is 0 Å². The number of benzene rings is 1. The van der Waals surface area contributed by atoms with E-state index in [1.165, 1.54) is 23.1 Å². The number of rotatable bonds is 1. The van der Waals surface area contributed by atoms with Gasteiger partial charge in [-0.05, 0) is 41.9 Å². The molecule has 1 aromatic carbocycles. The fourth-order valence-corrected chi connectivity index (χ4v) is 2.32. The predicted octanol–water partition coefficient (Wildman–Crippen LogP) is 4.69. The van der Waals surface area contributed by atoms with Gasteiger partial charge in [-0.3, -0.25) is 0 Å². The molecule has 0 saturated heterocycles. The molecule has 3 rings (SSSR count). The van der Waals surface area contributed by atoms with E-state index in [0.29, 0.717) is 0 Å². The van der Waals surface area contributed by atoms with Gasteiger partial charge in [-0.15, -0.1) is 0 Å². The second-order valence-electron chi connectivity index (χ2n) is 4.36. The van der Waals surface area contributed by atoms with Gasteiger partial charge in [0, 0.05) is 0 Å². The third-order valence-corrected chi connectivity index (χ3v) is 3.25. The molecule has 1 fully saturated rings. The second-order valence-corrected chi connectivity index (χ2v) is 4.36. The second kappa shape index (κ2) is 4.69. The van der Waals surface area contributed by atoms with Crippen LogP contribution in [0.1, 0.15) is 32.8 Å². The highest BCUT2D eigenvalue weighted by Gasteiger charge is 2.36. The van der Waals surface area contributed by atoms with Crippen LogP contribution in [0.3, 0.4) is 0 Å². The van der Waals surface area contributed by atoms with Crippen LogP contribution in [0.4, 0.5) is 0 Å². The average molecular weight is 212 g/mol. The first kappa shape index (κ1) is 11.2. The van der Waals surface area contributed by atoms with Crippen LogP contribution in [0.2, 0.25) is 0 Å². The lowest BCUT2D eigenvalue weighted by Gasteiger charge is -2.12. The van der Waals surface area contributed by atoms with Crippen molar-refractivity contribution in [3.8, 4) is 0 Å². The smallest absolute Gasteiger partial charge is 0.0155 e. The summed E-state index contributed by atoms with van der Waals surface area (Å²) in [5.74, 6) is 1.70. The maximum absolute atomic E-state index is 2.45. The molecule has 0 aromatic heterocycles. The molecule has 0 nitrogen and oxygen atoms in total. The van der Waals surface area contributed by atoms with E-state index < -0.39 is 0 Å². The zero-order chi connectivity index (χ0) is 11.5. The highest BCUT2D eigenvalue weighted by molar-refractivity contribution is 5.80. The summed E-state index contributed by atoms with van der Waals surface area (Å²) >= 11 is 0. The fourth-order valence-electron chi connectivity index (χ4n) is 2.32. The molecule has 1 saturated carbocycles. The van der Waals surface area contributed by atoms with Crippen molar-refractivity contribution in [1.29, 1.82) is 0 Å². The van der Waals surface area contributed by atoms with Crippen molar-refractivity contribution in [2.75, 3.05) is 0 Å². The van der Waals surface area contributed by atoms with Crippen molar-refractivity contribution >= 4 is 5.57 Å². The maximum atomic E-state index is 2.45. The van der Waals surface area contributed by atoms with E-state index in [-0.39, 0.29) is 0 Å². The molecule has 0 spiro atoms. The van der Waals surface area contributed by atoms with Crippen LogP contribution in [0.5, 0.6) is 0 Å².